The van der Waals surface area contributed by atoms with Gasteiger partial charge in [-0.05, 0) is 37.2 Å². The standard InChI is InChI=1S/C17H25N3O/c1-14(2)19-12-17-16(7-11-21-17)13-20(3)10-6-15-4-8-18-9-5-15/h4-5,7-9,11,14,19H,6,10,12-13H2,1-3H3. The van der Waals surface area contributed by atoms with E-state index in [1.165, 1.54) is 11.1 Å². The summed E-state index contributed by atoms with van der Waals surface area (Å²) in [6, 6.07) is 6.68. The highest BCUT2D eigenvalue weighted by atomic mass is 16.3. The van der Waals surface area contributed by atoms with Crippen molar-refractivity contribution in [2.45, 2.75) is 39.4 Å². The number of pyridine rings is 1. The monoisotopic (exact) mass is 287 g/mol. The number of likely N-dealkylation sites (N-methyl/N-ethyl adjacent to an activating group) is 1. The van der Waals surface area contributed by atoms with Gasteiger partial charge in [0.15, 0.2) is 0 Å². The molecule has 114 valence electrons. The molecule has 0 saturated carbocycles. The zero-order valence-corrected chi connectivity index (χ0v) is 13.2. The number of furan rings is 1. The van der Waals surface area contributed by atoms with Crippen LogP contribution in [-0.2, 0) is 19.5 Å². The van der Waals surface area contributed by atoms with E-state index in [1.54, 1.807) is 6.26 Å². The minimum Gasteiger partial charge on any atom is -0.468 e. The normalized spacial score (nSPS) is 11.5. The molecule has 0 radical (unpaired) electrons. The molecule has 0 aliphatic rings. The molecule has 2 aromatic heterocycles. The maximum absolute atomic E-state index is 5.58. The predicted octanol–water partition coefficient (Wildman–Crippen LogP) is 2.85. The maximum atomic E-state index is 5.58. The fourth-order valence-electron chi connectivity index (χ4n) is 2.20. The quantitative estimate of drug-likeness (QED) is 0.810. The molecule has 0 aliphatic heterocycles. The van der Waals surface area contributed by atoms with Gasteiger partial charge in [0.2, 0.25) is 0 Å². The van der Waals surface area contributed by atoms with E-state index in [-0.39, 0.29) is 0 Å². The zero-order valence-electron chi connectivity index (χ0n) is 13.2. The first kappa shape index (κ1) is 15.7. The number of hydrogen-bond donors (Lipinski definition) is 1. The molecule has 0 unspecified atom stereocenters. The molecular weight excluding hydrogens is 262 g/mol. The molecule has 2 aromatic rings. The molecule has 21 heavy (non-hydrogen) atoms. The Kier molecular flexibility index (Phi) is 5.96. The van der Waals surface area contributed by atoms with Crippen LogP contribution in [0.1, 0.15) is 30.7 Å². The first-order valence-electron chi connectivity index (χ1n) is 7.51. The molecule has 0 fully saturated rings. The van der Waals surface area contributed by atoms with Gasteiger partial charge >= 0.3 is 0 Å². The molecular formula is C17H25N3O. The molecule has 0 aliphatic carbocycles. The Morgan fingerprint density at radius 3 is 2.71 bits per heavy atom. The third-order valence-corrected chi connectivity index (χ3v) is 3.48. The Hall–Kier alpha value is -1.65. The van der Waals surface area contributed by atoms with E-state index in [9.17, 15) is 0 Å². The largest absolute Gasteiger partial charge is 0.468 e. The van der Waals surface area contributed by atoms with Crippen LogP contribution in [-0.4, -0.2) is 29.5 Å². The second-order valence-electron chi connectivity index (χ2n) is 5.75. The highest BCUT2D eigenvalue weighted by Crippen LogP contribution is 2.13. The van der Waals surface area contributed by atoms with Crippen LogP contribution in [0.15, 0.2) is 41.3 Å². The molecule has 0 atom stereocenters. The van der Waals surface area contributed by atoms with E-state index < -0.39 is 0 Å². The Balaban J connectivity index is 1.82. The van der Waals surface area contributed by atoms with Crippen molar-refractivity contribution in [3.63, 3.8) is 0 Å². The summed E-state index contributed by atoms with van der Waals surface area (Å²) in [4.78, 5) is 6.37. The van der Waals surface area contributed by atoms with Crippen LogP contribution in [0.25, 0.3) is 0 Å². The minimum absolute atomic E-state index is 0.465. The van der Waals surface area contributed by atoms with Crippen LogP contribution in [0.4, 0.5) is 0 Å². The second kappa shape index (κ2) is 7.96. The van der Waals surface area contributed by atoms with Crippen LogP contribution in [0.5, 0.6) is 0 Å². The summed E-state index contributed by atoms with van der Waals surface area (Å²) in [5.41, 5.74) is 2.59. The number of aromatic nitrogens is 1. The third-order valence-electron chi connectivity index (χ3n) is 3.48. The number of nitrogens with zero attached hydrogens (tertiary/aromatic N) is 2. The van der Waals surface area contributed by atoms with Gasteiger partial charge in [0.1, 0.15) is 5.76 Å². The van der Waals surface area contributed by atoms with Gasteiger partial charge in [-0.15, -0.1) is 0 Å². The lowest BCUT2D eigenvalue weighted by Gasteiger charge is -2.17. The van der Waals surface area contributed by atoms with Crippen molar-refractivity contribution >= 4 is 0 Å². The summed E-state index contributed by atoms with van der Waals surface area (Å²) < 4.78 is 5.58. The fourth-order valence-corrected chi connectivity index (χ4v) is 2.20. The summed E-state index contributed by atoms with van der Waals surface area (Å²) >= 11 is 0. The smallest absolute Gasteiger partial charge is 0.122 e. The van der Waals surface area contributed by atoms with Crippen molar-refractivity contribution in [3.8, 4) is 0 Å². The van der Waals surface area contributed by atoms with E-state index >= 15 is 0 Å². The molecule has 0 saturated heterocycles. The Bertz CT molecular complexity index is 522. The third kappa shape index (κ3) is 5.33. The first-order valence-corrected chi connectivity index (χ1v) is 7.51. The lowest BCUT2D eigenvalue weighted by molar-refractivity contribution is 0.326. The van der Waals surface area contributed by atoms with Crippen molar-refractivity contribution < 1.29 is 4.42 Å². The maximum Gasteiger partial charge on any atom is 0.122 e. The van der Waals surface area contributed by atoms with E-state index in [0.717, 1.165) is 31.8 Å². The van der Waals surface area contributed by atoms with Crippen molar-refractivity contribution in [2.75, 3.05) is 13.6 Å². The number of nitrogens with one attached hydrogen (secondary N) is 1. The van der Waals surface area contributed by atoms with E-state index in [0.29, 0.717) is 6.04 Å². The molecule has 4 heteroatoms. The molecule has 1 N–H and O–H groups in total. The van der Waals surface area contributed by atoms with Crippen molar-refractivity contribution in [3.05, 3.63) is 53.7 Å². The van der Waals surface area contributed by atoms with Crippen LogP contribution in [0.3, 0.4) is 0 Å². The van der Waals surface area contributed by atoms with Crippen molar-refractivity contribution in [1.29, 1.82) is 0 Å². The molecule has 0 amide bonds. The number of hydrogen-bond acceptors (Lipinski definition) is 4. The van der Waals surface area contributed by atoms with Gasteiger partial charge < -0.3 is 14.6 Å². The summed E-state index contributed by atoms with van der Waals surface area (Å²) in [5.74, 6) is 1.04. The second-order valence-corrected chi connectivity index (χ2v) is 5.75. The molecule has 0 spiro atoms. The summed E-state index contributed by atoms with van der Waals surface area (Å²) in [6.45, 7) is 7.01. The van der Waals surface area contributed by atoms with E-state index in [2.05, 4.69) is 54.3 Å². The molecule has 2 rings (SSSR count). The SMILES string of the molecule is CC(C)NCc1occc1CN(C)CCc1ccncc1. The molecule has 0 bridgehead atoms. The Morgan fingerprint density at radius 1 is 1.24 bits per heavy atom. The van der Waals surface area contributed by atoms with Crippen LogP contribution < -0.4 is 5.32 Å². The Morgan fingerprint density at radius 2 is 2.00 bits per heavy atom. The zero-order chi connectivity index (χ0) is 15.1. The summed E-state index contributed by atoms with van der Waals surface area (Å²) in [5, 5.41) is 3.40. The summed E-state index contributed by atoms with van der Waals surface area (Å²) in [7, 11) is 2.15. The van der Waals surface area contributed by atoms with Crippen LogP contribution in [0.2, 0.25) is 0 Å². The van der Waals surface area contributed by atoms with Crippen molar-refractivity contribution in [2.24, 2.45) is 0 Å². The molecule has 2 heterocycles. The van der Waals surface area contributed by atoms with Gasteiger partial charge in [-0.2, -0.15) is 0 Å². The topological polar surface area (TPSA) is 41.3 Å². The lowest BCUT2D eigenvalue weighted by atomic mass is 10.2. The van der Waals surface area contributed by atoms with Gasteiger partial charge in [-0.25, -0.2) is 0 Å². The van der Waals surface area contributed by atoms with E-state index in [1.807, 2.05) is 12.4 Å². The van der Waals surface area contributed by atoms with Crippen LogP contribution in [0, 0.1) is 0 Å². The Labute approximate surface area is 127 Å². The first-order chi connectivity index (χ1) is 10.1. The van der Waals surface area contributed by atoms with Crippen LogP contribution >= 0.6 is 0 Å². The fraction of sp³-hybridized carbons (Fsp3) is 0.471. The van der Waals surface area contributed by atoms with Crippen molar-refractivity contribution in [1.82, 2.24) is 15.2 Å². The van der Waals surface area contributed by atoms with Gasteiger partial charge in [0.25, 0.3) is 0 Å². The predicted molar refractivity (Wildman–Crippen MR) is 85.0 cm³/mol. The minimum atomic E-state index is 0.465. The summed E-state index contributed by atoms with van der Waals surface area (Å²) in [6.07, 6.45) is 6.52. The number of rotatable bonds is 8. The molecule has 4 nitrogen and oxygen atoms in total. The van der Waals surface area contributed by atoms with Gasteiger partial charge in [-0.1, -0.05) is 13.8 Å². The van der Waals surface area contributed by atoms with Gasteiger partial charge in [0.05, 0.1) is 12.8 Å². The molecule has 0 aromatic carbocycles. The van der Waals surface area contributed by atoms with Gasteiger partial charge in [0, 0.05) is 37.1 Å². The average molecular weight is 287 g/mol. The lowest BCUT2D eigenvalue weighted by Crippen LogP contribution is -2.24. The van der Waals surface area contributed by atoms with Gasteiger partial charge in [-0.3, -0.25) is 4.98 Å². The average Bonchev–Trinajstić information content (AvgIpc) is 2.91. The highest BCUT2D eigenvalue weighted by molar-refractivity contribution is 5.17. The highest BCUT2D eigenvalue weighted by Gasteiger charge is 2.09. The van der Waals surface area contributed by atoms with E-state index in [4.69, 9.17) is 4.42 Å².